The third kappa shape index (κ3) is 1.47. The summed E-state index contributed by atoms with van der Waals surface area (Å²) >= 11 is 3.60. The summed E-state index contributed by atoms with van der Waals surface area (Å²) in [6.07, 6.45) is 0. The summed E-state index contributed by atoms with van der Waals surface area (Å²) in [6, 6.07) is 13.5. The van der Waals surface area contributed by atoms with Crippen LogP contribution in [0.15, 0.2) is 40.9 Å². The summed E-state index contributed by atoms with van der Waals surface area (Å²) in [7, 11) is -1.47. The molecule has 86 valence electrons. The van der Waals surface area contributed by atoms with E-state index in [1.165, 1.54) is 21.2 Å². The van der Waals surface area contributed by atoms with E-state index in [9.17, 15) is 0 Å². The fourth-order valence-corrected chi connectivity index (χ4v) is 6.67. The molecule has 2 heteroatoms. The molecule has 0 amide bonds. The van der Waals surface area contributed by atoms with E-state index in [2.05, 4.69) is 72.3 Å². The van der Waals surface area contributed by atoms with Crippen molar-refractivity contribution in [3.63, 3.8) is 0 Å². The van der Waals surface area contributed by atoms with Crippen LogP contribution in [0.3, 0.4) is 0 Å². The van der Waals surface area contributed by atoms with Crippen molar-refractivity contribution in [2.75, 3.05) is 0 Å². The fraction of sp³-hybridized carbons (Fsp3) is 0.200. The van der Waals surface area contributed by atoms with E-state index < -0.39 is 8.07 Å². The van der Waals surface area contributed by atoms with E-state index in [1.54, 1.807) is 10.4 Å². The van der Waals surface area contributed by atoms with Crippen molar-refractivity contribution in [3.05, 3.63) is 46.4 Å². The second kappa shape index (κ2) is 3.56. The maximum atomic E-state index is 3.60. The highest BCUT2D eigenvalue weighted by Gasteiger charge is 2.37. The predicted molar refractivity (Wildman–Crippen MR) is 81.1 cm³/mol. The molecule has 0 unspecified atom stereocenters. The molecule has 0 fully saturated rings. The van der Waals surface area contributed by atoms with E-state index in [1.807, 2.05) is 0 Å². The molecule has 2 aromatic carbocycles. The lowest BCUT2D eigenvalue weighted by Gasteiger charge is -2.18. The van der Waals surface area contributed by atoms with Crippen LogP contribution in [0.4, 0.5) is 0 Å². The Morgan fingerprint density at radius 1 is 1.00 bits per heavy atom. The number of rotatable bonds is 0. The molecule has 0 aromatic heterocycles. The van der Waals surface area contributed by atoms with Gasteiger partial charge in [0, 0.05) is 4.47 Å². The van der Waals surface area contributed by atoms with Gasteiger partial charge < -0.3 is 0 Å². The smallest absolute Gasteiger partial charge is 0.0621 e. The van der Waals surface area contributed by atoms with Gasteiger partial charge in [-0.05, 0) is 46.1 Å². The van der Waals surface area contributed by atoms with Gasteiger partial charge in [0.25, 0.3) is 0 Å². The molecule has 1 heterocycles. The van der Waals surface area contributed by atoms with Gasteiger partial charge >= 0.3 is 0 Å². The summed E-state index contributed by atoms with van der Waals surface area (Å²) in [5.74, 6) is 0. The minimum absolute atomic E-state index is 1.20. The minimum Gasteiger partial charge on any atom is -0.0621 e. The number of hydrogen-bond donors (Lipinski definition) is 0. The molecule has 0 nitrogen and oxygen atoms in total. The molecular formula is C15H15BrSi. The van der Waals surface area contributed by atoms with Crippen molar-refractivity contribution in [3.8, 4) is 11.1 Å². The molecule has 2 aromatic rings. The van der Waals surface area contributed by atoms with Crippen LogP contribution in [0.5, 0.6) is 0 Å². The first-order valence-corrected chi connectivity index (χ1v) is 9.71. The standard InChI is InChI=1S/C15H15BrSi/c1-10-5-4-6-13-15(10)12-8-7-11(16)9-14(12)17(13,2)3/h4-9H,1-3H3. The summed E-state index contributed by atoms with van der Waals surface area (Å²) in [6.45, 7) is 7.12. The maximum absolute atomic E-state index is 3.60. The molecule has 0 spiro atoms. The second-order valence-electron chi connectivity index (χ2n) is 5.31. The highest BCUT2D eigenvalue weighted by molar-refractivity contribution is 9.10. The van der Waals surface area contributed by atoms with Gasteiger partial charge in [-0.3, -0.25) is 0 Å². The van der Waals surface area contributed by atoms with Gasteiger partial charge in [0.1, 0.15) is 8.07 Å². The third-order valence-corrected chi connectivity index (χ3v) is 7.89. The molecule has 0 bridgehead atoms. The highest BCUT2D eigenvalue weighted by Crippen LogP contribution is 2.31. The van der Waals surface area contributed by atoms with Crippen LogP contribution in [0.2, 0.25) is 13.1 Å². The molecule has 0 saturated carbocycles. The number of benzene rings is 2. The Kier molecular flexibility index (Phi) is 2.36. The molecule has 0 atom stereocenters. The molecule has 3 rings (SSSR count). The van der Waals surface area contributed by atoms with E-state index in [4.69, 9.17) is 0 Å². The molecule has 0 saturated heterocycles. The first-order valence-electron chi connectivity index (χ1n) is 5.92. The fourth-order valence-electron chi connectivity index (χ4n) is 2.94. The average Bonchev–Trinajstić information content (AvgIpc) is 2.50. The van der Waals surface area contributed by atoms with Crippen molar-refractivity contribution >= 4 is 34.4 Å². The normalized spacial score (nSPS) is 15.5. The number of halogens is 1. The van der Waals surface area contributed by atoms with Crippen LogP contribution < -0.4 is 10.4 Å². The Morgan fingerprint density at radius 3 is 2.53 bits per heavy atom. The van der Waals surface area contributed by atoms with Crippen LogP contribution in [0.25, 0.3) is 11.1 Å². The van der Waals surface area contributed by atoms with E-state index in [0.29, 0.717) is 0 Å². The zero-order valence-electron chi connectivity index (χ0n) is 10.3. The van der Waals surface area contributed by atoms with Crippen LogP contribution >= 0.6 is 15.9 Å². The van der Waals surface area contributed by atoms with Gasteiger partial charge in [0.15, 0.2) is 0 Å². The molecule has 17 heavy (non-hydrogen) atoms. The zero-order valence-corrected chi connectivity index (χ0v) is 12.9. The van der Waals surface area contributed by atoms with Gasteiger partial charge in [-0.25, -0.2) is 0 Å². The highest BCUT2D eigenvalue weighted by atomic mass is 79.9. The van der Waals surface area contributed by atoms with E-state index in [0.717, 1.165) is 0 Å². The maximum Gasteiger partial charge on any atom is 0.113 e. The minimum atomic E-state index is -1.47. The van der Waals surface area contributed by atoms with E-state index in [-0.39, 0.29) is 0 Å². The number of hydrogen-bond acceptors (Lipinski definition) is 0. The third-order valence-electron chi connectivity index (χ3n) is 3.87. The van der Waals surface area contributed by atoms with Crippen LogP contribution in [-0.4, -0.2) is 8.07 Å². The first kappa shape index (κ1) is 11.2. The van der Waals surface area contributed by atoms with Crippen molar-refractivity contribution in [1.29, 1.82) is 0 Å². The lowest BCUT2D eigenvalue weighted by Crippen LogP contribution is -2.49. The number of aryl methyl sites for hydroxylation is 1. The Hall–Kier alpha value is -0.863. The van der Waals surface area contributed by atoms with Gasteiger partial charge in [-0.2, -0.15) is 0 Å². The summed E-state index contributed by atoms with van der Waals surface area (Å²) < 4.78 is 1.20. The van der Waals surface area contributed by atoms with Gasteiger partial charge in [0.2, 0.25) is 0 Å². The monoisotopic (exact) mass is 302 g/mol. The lowest BCUT2D eigenvalue weighted by atomic mass is 10.0. The SMILES string of the molecule is Cc1cccc2c1-c1ccc(Br)cc1[Si]2(C)C. The average molecular weight is 303 g/mol. The topological polar surface area (TPSA) is 0 Å². The van der Waals surface area contributed by atoms with Gasteiger partial charge in [-0.1, -0.05) is 53.3 Å². The molecule has 1 aliphatic rings. The molecule has 0 aliphatic carbocycles. The second-order valence-corrected chi connectivity index (χ2v) is 10.6. The quantitative estimate of drug-likeness (QED) is 0.653. The zero-order chi connectivity index (χ0) is 12.2. The summed E-state index contributed by atoms with van der Waals surface area (Å²) in [5, 5.41) is 3.15. The van der Waals surface area contributed by atoms with E-state index >= 15 is 0 Å². The van der Waals surface area contributed by atoms with Gasteiger partial charge in [0.05, 0.1) is 0 Å². The predicted octanol–water partition coefficient (Wildman–Crippen LogP) is 3.56. The van der Waals surface area contributed by atoms with Gasteiger partial charge in [-0.15, -0.1) is 0 Å². The number of fused-ring (bicyclic) bond motifs is 3. The van der Waals surface area contributed by atoms with Crippen molar-refractivity contribution in [2.45, 2.75) is 20.0 Å². The molecule has 0 radical (unpaired) electrons. The Morgan fingerprint density at radius 2 is 1.76 bits per heavy atom. The largest absolute Gasteiger partial charge is 0.113 e. The molecular weight excluding hydrogens is 288 g/mol. The van der Waals surface area contributed by atoms with Crippen molar-refractivity contribution in [1.82, 2.24) is 0 Å². The van der Waals surface area contributed by atoms with Crippen molar-refractivity contribution in [2.24, 2.45) is 0 Å². The summed E-state index contributed by atoms with van der Waals surface area (Å²) in [5.41, 5.74) is 4.36. The summed E-state index contributed by atoms with van der Waals surface area (Å²) in [4.78, 5) is 0. The Balaban J connectivity index is 2.43. The lowest BCUT2D eigenvalue weighted by molar-refractivity contribution is 1.49. The molecule has 1 aliphatic heterocycles. The first-order chi connectivity index (χ1) is 8.01. The van der Waals surface area contributed by atoms with Crippen LogP contribution in [0, 0.1) is 6.92 Å². The van der Waals surface area contributed by atoms with Crippen LogP contribution in [-0.2, 0) is 0 Å². The van der Waals surface area contributed by atoms with Crippen LogP contribution in [0.1, 0.15) is 5.56 Å². The molecule has 0 N–H and O–H groups in total. The van der Waals surface area contributed by atoms with Crippen molar-refractivity contribution < 1.29 is 0 Å². The Bertz CT molecular complexity index is 614. The Labute approximate surface area is 112 Å².